The lowest BCUT2D eigenvalue weighted by molar-refractivity contribution is -0.781. The molecule has 3 aromatic rings. The van der Waals surface area contributed by atoms with Crippen molar-refractivity contribution in [2.45, 2.75) is 57.0 Å². The van der Waals surface area contributed by atoms with Crippen molar-refractivity contribution in [3.8, 4) is 16.9 Å². The van der Waals surface area contributed by atoms with Gasteiger partial charge < -0.3 is 36.8 Å². The molecule has 0 aliphatic carbocycles. The van der Waals surface area contributed by atoms with Crippen LogP contribution in [0.3, 0.4) is 0 Å². The van der Waals surface area contributed by atoms with Crippen LogP contribution in [0.2, 0.25) is 0 Å². The fourth-order valence-electron chi connectivity index (χ4n) is 5.84. The predicted molar refractivity (Wildman–Crippen MR) is 179 cm³/mol. The zero-order valence-electron chi connectivity index (χ0n) is 27.4. The number of nitrogens with two attached hydrogens (primary N) is 2. The Morgan fingerprint density at radius 3 is 2.73 bits per heavy atom. The Labute approximate surface area is 296 Å². The topological polar surface area (TPSA) is 267 Å². The first-order chi connectivity index (χ1) is 24.2. The van der Waals surface area contributed by atoms with E-state index in [2.05, 4.69) is 46.8 Å². The van der Waals surface area contributed by atoms with Crippen molar-refractivity contribution in [3.63, 3.8) is 0 Å². The number of hydroxylamine groups is 2. The van der Waals surface area contributed by atoms with Gasteiger partial charge in [0.05, 0.1) is 24.8 Å². The Morgan fingerprint density at radius 1 is 1.31 bits per heavy atom. The number of carboxylic acids is 1. The van der Waals surface area contributed by atoms with Gasteiger partial charge in [0.25, 0.3) is 17.4 Å². The number of nitrogens with one attached hydrogen (secondary N) is 2. The Bertz CT molecular complexity index is 1960. The molecule has 6 rings (SSSR count). The Balaban J connectivity index is 1.18. The Hall–Kier alpha value is -4.67. The number of β-lactam (4-membered cyclic amide) rings is 1. The number of oxime groups is 1. The van der Waals surface area contributed by atoms with E-state index in [9.17, 15) is 27.9 Å². The van der Waals surface area contributed by atoms with Crippen LogP contribution < -0.4 is 31.5 Å². The number of ether oxygens (including phenoxy) is 1. The van der Waals surface area contributed by atoms with Crippen LogP contribution in [-0.2, 0) is 53.4 Å². The maximum Gasteiger partial charge on any atom is 0.418 e. The lowest BCUT2D eigenvalue weighted by Gasteiger charge is -2.36. The van der Waals surface area contributed by atoms with E-state index in [-0.39, 0.29) is 17.2 Å². The van der Waals surface area contributed by atoms with E-state index in [4.69, 9.17) is 25.6 Å². The molecule has 0 spiro atoms. The van der Waals surface area contributed by atoms with Crippen molar-refractivity contribution >= 4 is 50.4 Å². The molecule has 3 atom stereocenters. The molecule has 2 amide bonds. The largest absolute Gasteiger partial charge is 0.485 e. The standard InChI is InChI=1S/C30H37N9O10S2/c1-30(28(42)43,48-36-25(22-16-50-29(32)35-22)26(40)34-21-15-39(27(21)41)49-51(44,45)46)24-6-4-19-9-18(3-5-23(19)47-24)20-13-37(8-2-7-31)38(14-20)12-17-10-33-11-17/h3,5,9,13-14,16-17,21,24,33H,2,4,6-8,10-12,15,31H2,1H3,(H4-,32,34,35,40,42,43,44,45,46)/p+1/b36-25-/t21-,24+,30-/m0/s1. The van der Waals surface area contributed by atoms with Gasteiger partial charge >= 0.3 is 16.4 Å². The summed E-state index contributed by atoms with van der Waals surface area (Å²) in [4.78, 5) is 47.8. The highest BCUT2D eigenvalue weighted by atomic mass is 32.3. The molecular formula is C30H38N9O10S2+. The van der Waals surface area contributed by atoms with Crippen LogP contribution in [0.25, 0.3) is 11.1 Å². The third-order valence-electron chi connectivity index (χ3n) is 8.87. The second-order valence-corrected chi connectivity index (χ2v) is 14.5. The van der Waals surface area contributed by atoms with Crippen LogP contribution in [0.4, 0.5) is 5.13 Å². The molecule has 274 valence electrons. The molecule has 3 aliphatic rings. The summed E-state index contributed by atoms with van der Waals surface area (Å²) in [6.45, 7) is 5.11. The van der Waals surface area contributed by atoms with Crippen LogP contribution >= 0.6 is 11.3 Å². The molecule has 0 unspecified atom stereocenters. The summed E-state index contributed by atoms with van der Waals surface area (Å²) >= 11 is 0.976. The fraction of sp³-hybridized carbons (Fsp3) is 0.467. The van der Waals surface area contributed by atoms with Crippen LogP contribution in [0.15, 0.2) is 41.1 Å². The highest BCUT2D eigenvalue weighted by Crippen LogP contribution is 2.36. The van der Waals surface area contributed by atoms with Gasteiger partial charge in [0, 0.05) is 24.4 Å². The lowest BCUT2D eigenvalue weighted by atomic mass is 9.90. The van der Waals surface area contributed by atoms with Crippen LogP contribution in [0, 0.1) is 5.92 Å². The van der Waals surface area contributed by atoms with E-state index < -0.39 is 58.2 Å². The third-order valence-corrected chi connectivity index (χ3v) is 9.92. The number of aromatic nitrogens is 3. The van der Waals surface area contributed by atoms with Crippen LogP contribution in [0.1, 0.15) is 31.0 Å². The highest BCUT2D eigenvalue weighted by molar-refractivity contribution is 7.80. The summed E-state index contributed by atoms with van der Waals surface area (Å²) in [5.74, 6) is -2.33. The number of benzene rings is 1. The van der Waals surface area contributed by atoms with Gasteiger partial charge in [-0.2, -0.15) is 18.2 Å². The number of carbonyl (C=O) groups is 3. The molecule has 2 fully saturated rings. The molecule has 19 nitrogen and oxygen atoms in total. The number of rotatable bonds is 15. The number of fused-ring (bicyclic) bond motifs is 1. The number of carboxylic acid groups (broad SMARTS) is 1. The van der Waals surface area contributed by atoms with Crippen LogP contribution in [-0.4, -0.2) is 100 Å². The summed E-state index contributed by atoms with van der Waals surface area (Å²) in [5, 5.41) is 21.6. The average molecular weight is 749 g/mol. The van der Waals surface area contributed by atoms with Gasteiger partial charge in [-0.3, -0.25) is 14.1 Å². The van der Waals surface area contributed by atoms with Crippen molar-refractivity contribution in [2.24, 2.45) is 16.8 Å². The third kappa shape index (κ3) is 7.97. The summed E-state index contributed by atoms with van der Waals surface area (Å²) in [7, 11) is -4.96. The molecule has 3 aliphatic heterocycles. The number of hydrogen-bond donors (Lipinski definition) is 6. The quantitative estimate of drug-likeness (QED) is 0.0361. The zero-order valence-corrected chi connectivity index (χ0v) is 29.1. The normalized spacial score (nSPS) is 20.4. The van der Waals surface area contributed by atoms with Gasteiger partial charge in [-0.25, -0.2) is 9.78 Å². The summed E-state index contributed by atoms with van der Waals surface area (Å²) in [5.41, 5.74) is 11.8. The molecular weight excluding hydrogens is 711 g/mol. The number of carbonyl (C=O) groups excluding carboxylic acids is 2. The van der Waals surface area contributed by atoms with Gasteiger partial charge in [-0.05, 0) is 56.0 Å². The lowest BCUT2D eigenvalue weighted by Crippen LogP contribution is -2.64. The van der Waals surface area contributed by atoms with E-state index in [0.29, 0.717) is 29.7 Å². The fourth-order valence-corrected chi connectivity index (χ4v) is 6.75. The second kappa shape index (κ2) is 14.5. The number of nitrogens with zero attached hydrogens (tertiary/aromatic N) is 5. The summed E-state index contributed by atoms with van der Waals surface area (Å²) < 4.78 is 45.4. The number of aliphatic carboxylic acids is 1. The number of hydrogen-bond acceptors (Lipinski definition) is 14. The molecule has 0 saturated carbocycles. The van der Waals surface area contributed by atoms with Crippen LogP contribution in [0.5, 0.6) is 5.75 Å². The maximum atomic E-state index is 13.2. The molecule has 2 aromatic heterocycles. The number of nitrogen functional groups attached to an aromatic ring is 1. The number of thiazole rings is 1. The predicted octanol–water partition coefficient (Wildman–Crippen LogP) is -0.931. The average Bonchev–Trinajstić information content (AvgIpc) is 3.69. The number of aryl methyl sites for hydroxylation is 2. The SMILES string of the molecule is C[C@@](O/N=C(\C(=O)N[C@H]1CN(OS(=O)(=O)O)C1=O)c1csc(N)n1)(C(=O)O)[C@H]1CCc2cc(-c3cn(CCCN)[n+](CC4CNC4)c3)ccc2O1. The van der Waals surface area contributed by atoms with Crippen molar-refractivity contribution in [1.82, 2.24) is 25.4 Å². The summed E-state index contributed by atoms with van der Waals surface area (Å²) in [6.07, 6.45) is 4.77. The summed E-state index contributed by atoms with van der Waals surface area (Å²) in [6, 6.07) is 4.49. The van der Waals surface area contributed by atoms with E-state index in [1.165, 1.54) is 12.3 Å². The van der Waals surface area contributed by atoms with Gasteiger partial charge in [0.15, 0.2) is 23.5 Å². The minimum Gasteiger partial charge on any atom is -0.485 e. The smallest absolute Gasteiger partial charge is 0.418 e. The van der Waals surface area contributed by atoms with Gasteiger partial charge in [0.1, 0.15) is 17.5 Å². The molecule has 2 saturated heterocycles. The van der Waals surface area contributed by atoms with Gasteiger partial charge in [-0.15, -0.1) is 20.3 Å². The molecule has 5 heterocycles. The number of amides is 2. The molecule has 51 heavy (non-hydrogen) atoms. The van der Waals surface area contributed by atoms with Crippen molar-refractivity contribution in [3.05, 3.63) is 47.2 Å². The first-order valence-corrected chi connectivity index (χ1v) is 18.3. The molecule has 1 aromatic carbocycles. The zero-order chi connectivity index (χ0) is 36.5. The first-order valence-electron chi connectivity index (χ1n) is 16.0. The Kier molecular flexibility index (Phi) is 10.3. The maximum absolute atomic E-state index is 13.2. The van der Waals surface area contributed by atoms with E-state index in [1.54, 1.807) is 6.07 Å². The van der Waals surface area contributed by atoms with E-state index in [1.807, 2.05) is 12.1 Å². The van der Waals surface area contributed by atoms with E-state index in [0.717, 1.165) is 60.6 Å². The minimum absolute atomic E-state index is 0.0643. The minimum atomic E-state index is -4.96. The van der Waals surface area contributed by atoms with Gasteiger partial charge in [0.2, 0.25) is 6.20 Å². The molecule has 21 heteroatoms. The first kappa shape index (κ1) is 36.1. The van der Waals surface area contributed by atoms with Crippen molar-refractivity contribution < 1.29 is 51.0 Å². The molecule has 0 radical (unpaired) electrons. The monoisotopic (exact) mass is 748 g/mol. The van der Waals surface area contributed by atoms with Crippen molar-refractivity contribution in [1.29, 1.82) is 0 Å². The van der Waals surface area contributed by atoms with Crippen molar-refractivity contribution in [2.75, 3.05) is 31.9 Å². The second-order valence-electron chi connectivity index (χ2n) is 12.6. The molecule has 8 N–H and O–H groups in total. The molecule has 0 bridgehead atoms. The van der Waals surface area contributed by atoms with E-state index >= 15 is 0 Å². The Morgan fingerprint density at radius 2 is 2.10 bits per heavy atom. The van der Waals surface area contributed by atoms with Gasteiger partial charge in [-0.1, -0.05) is 11.2 Å². The number of anilines is 1. The highest BCUT2D eigenvalue weighted by Gasteiger charge is 2.49.